The van der Waals surface area contributed by atoms with Gasteiger partial charge in [0, 0.05) is 27.5 Å². The first-order valence-corrected chi connectivity index (χ1v) is 10.1. The Hall–Kier alpha value is -1.78. The zero-order valence-electron chi connectivity index (χ0n) is 13.5. The maximum Gasteiger partial charge on any atom is 0.301 e. The van der Waals surface area contributed by atoms with Crippen LogP contribution in [0.1, 0.15) is 6.42 Å². The number of nitrogens with one attached hydrogen (secondary N) is 1. The number of nitro groups is 2. The largest absolute Gasteiger partial charge is 0.301 e. The van der Waals surface area contributed by atoms with E-state index in [0.29, 0.717) is 11.8 Å². The van der Waals surface area contributed by atoms with E-state index < -0.39 is 9.85 Å². The number of non-ortho nitro benzene ring substituents is 1. The van der Waals surface area contributed by atoms with Gasteiger partial charge in [-0.05, 0) is 48.0 Å². The molecular formula is C17H15IN4O4. The van der Waals surface area contributed by atoms with Crippen molar-refractivity contribution in [2.75, 3.05) is 5.43 Å². The van der Waals surface area contributed by atoms with Gasteiger partial charge in [0.25, 0.3) is 5.69 Å². The highest BCUT2D eigenvalue weighted by Gasteiger charge is 2.82. The van der Waals surface area contributed by atoms with E-state index in [9.17, 15) is 20.2 Å². The Morgan fingerprint density at radius 1 is 1.04 bits per heavy atom. The summed E-state index contributed by atoms with van der Waals surface area (Å²) in [5.74, 6) is 5.89. The lowest BCUT2D eigenvalue weighted by atomic mass is 9.71. The fourth-order valence-electron chi connectivity index (χ4n) is 7.38. The second-order valence-corrected chi connectivity index (χ2v) is 9.67. The molecule has 1 aromatic carbocycles. The first-order chi connectivity index (χ1) is 12.5. The van der Waals surface area contributed by atoms with Crippen molar-refractivity contribution in [2.24, 2.45) is 52.4 Å². The number of hydrogen-bond acceptors (Lipinski definition) is 6. The molecule has 6 bridgehead atoms. The normalized spacial score (nSPS) is 46.8. The van der Waals surface area contributed by atoms with Crippen molar-refractivity contribution < 1.29 is 9.85 Å². The molecule has 1 aromatic rings. The summed E-state index contributed by atoms with van der Waals surface area (Å²) in [6.07, 6.45) is 1.34. The van der Waals surface area contributed by atoms with E-state index in [1.54, 1.807) is 0 Å². The van der Waals surface area contributed by atoms with Gasteiger partial charge in [0.05, 0.1) is 15.9 Å². The Morgan fingerprint density at radius 3 is 2.50 bits per heavy atom. The van der Waals surface area contributed by atoms with Crippen LogP contribution < -0.4 is 5.43 Å². The molecule has 0 spiro atoms. The number of hydrazone groups is 1. The minimum atomic E-state index is -0.626. The molecule has 6 saturated carbocycles. The van der Waals surface area contributed by atoms with Gasteiger partial charge in [-0.25, -0.2) is 0 Å². The van der Waals surface area contributed by atoms with E-state index in [2.05, 4.69) is 33.1 Å². The highest BCUT2D eigenvalue weighted by molar-refractivity contribution is 14.1. The maximum absolute atomic E-state index is 11.3. The van der Waals surface area contributed by atoms with Crippen molar-refractivity contribution in [2.45, 2.75) is 10.3 Å². The van der Waals surface area contributed by atoms with Gasteiger partial charge in [-0.15, -0.1) is 0 Å². The van der Waals surface area contributed by atoms with Crippen molar-refractivity contribution in [3.8, 4) is 0 Å². The molecule has 9 heteroatoms. The second kappa shape index (κ2) is 4.73. The van der Waals surface area contributed by atoms with Gasteiger partial charge in [0.15, 0.2) is 0 Å². The number of benzene rings is 1. The zero-order chi connectivity index (χ0) is 17.9. The van der Waals surface area contributed by atoms with Crippen LogP contribution in [0.15, 0.2) is 23.3 Å². The lowest BCUT2D eigenvalue weighted by molar-refractivity contribution is -0.393. The summed E-state index contributed by atoms with van der Waals surface area (Å²) < 4.78 is 0.758. The van der Waals surface area contributed by atoms with Crippen LogP contribution in [0.4, 0.5) is 17.1 Å². The van der Waals surface area contributed by atoms with Crippen LogP contribution >= 0.6 is 22.6 Å². The van der Waals surface area contributed by atoms with E-state index in [0.717, 1.165) is 45.5 Å². The van der Waals surface area contributed by atoms with Crippen LogP contribution in [-0.2, 0) is 0 Å². The highest BCUT2D eigenvalue weighted by atomic mass is 127. The van der Waals surface area contributed by atoms with Crippen LogP contribution in [0.25, 0.3) is 0 Å². The molecule has 8 nitrogen and oxygen atoms in total. The minimum Gasteiger partial charge on any atom is -0.272 e. The monoisotopic (exact) mass is 466 g/mol. The molecule has 9 atom stereocenters. The molecule has 6 aliphatic rings. The molecule has 1 N–H and O–H groups in total. The van der Waals surface area contributed by atoms with Gasteiger partial charge in [0.2, 0.25) is 0 Å². The molecular weight excluding hydrogens is 451 g/mol. The number of nitrogens with zero attached hydrogens (tertiary/aromatic N) is 3. The van der Waals surface area contributed by atoms with Gasteiger partial charge < -0.3 is 0 Å². The van der Waals surface area contributed by atoms with E-state index in [1.807, 2.05) is 0 Å². The van der Waals surface area contributed by atoms with Crippen LogP contribution in [0.3, 0.4) is 0 Å². The SMILES string of the molecule is O=[N+]([O-])c1ccc(NN=C2C3C4C(I)C5C6CC(C2C64)C35)c([N+](=O)[O-])c1. The van der Waals surface area contributed by atoms with Crippen molar-refractivity contribution in [3.63, 3.8) is 0 Å². The lowest BCUT2D eigenvalue weighted by Crippen LogP contribution is -2.30. The zero-order valence-corrected chi connectivity index (χ0v) is 15.6. The summed E-state index contributed by atoms with van der Waals surface area (Å²) in [6, 6.07) is 3.65. The van der Waals surface area contributed by atoms with Crippen LogP contribution in [0, 0.1) is 67.6 Å². The molecule has 6 fully saturated rings. The fraction of sp³-hybridized carbons (Fsp3) is 0.588. The Bertz CT molecular complexity index is 918. The lowest BCUT2D eigenvalue weighted by Gasteiger charge is -2.32. The smallest absolute Gasteiger partial charge is 0.272 e. The van der Waals surface area contributed by atoms with Gasteiger partial charge in [-0.2, -0.15) is 5.10 Å². The summed E-state index contributed by atoms with van der Waals surface area (Å²) in [5, 5.41) is 26.8. The van der Waals surface area contributed by atoms with E-state index in [-0.39, 0.29) is 17.1 Å². The topological polar surface area (TPSA) is 111 Å². The van der Waals surface area contributed by atoms with Gasteiger partial charge in [0.1, 0.15) is 5.69 Å². The van der Waals surface area contributed by atoms with Crippen molar-refractivity contribution in [3.05, 3.63) is 38.4 Å². The van der Waals surface area contributed by atoms with Gasteiger partial charge >= 0.3 is 5.69 Å². The first kappa shape index (κ1) is 15.3. The number of anilines is 1. The number of hydrogen-bond donors (Lipinski definition) is 1. The number of alkyl halides is 1. The summed E-state index contributed by atoms with van der Waals surface area (Å²) in [6.45, 7) is 0. The Balaban J connectivity index is 1.35. The number of nitro benzene ring substituents is 2. The quantitative estimate of drug-likeness (QED) is 0.316. The molecule has 0 saturated heterocycles. The summed E-state index contributed by atoms with van der Waals surface area (Å²) >= 11 is 2.65. The summed E-state index contributed by atoms with van der Waals surface area (Å²) in [7, 11) is 0. The Morgan fingerprint density at radius 2 is 1.81 bits per heavy atom. The number of halogens is 1. The third-order valence-electron chi connectivity index (χ3n) is 7.73. The molecule has 0 aromatic heterocycles. The van der Waals surface area contributed by atoms with Crippen molar-refractivity contribution in [1.29, 1.82) is 0 Å². The molecule has 0 amide bonds. The summed E-state index contributed by atoms with van der Waals surface area (Å²) in [4.78, 5) is 20.9. The highest BCUT2D eigenvalue weighted by Crippen LogP contribution is 2.82. The van der Waals surface area contributed by atoms with E-state index in [4.69, 9.17) is 0 Å². The van der Waals surface area contributed by atoms with Crippen LogP contribution in [-0.4, -0.2) is 19.5 Å². The molecule has 0 radical (unpaired) electrons. The fourth-order valence-corrected chi connectivity index (χ4v) is 9.32. The minimum absolute atomic E-state index is 0.220. The van der Waals surface area contributed by atoms with Gasteiger partial charge in [-0.1, -0.05) is 22.6 Å². The molecule has 26 heavy (non-hydrogen) atoms. The third-order valence-corrected chi connectivity index (χ3v) is 9.40. The molecule has 0 aliphatic heterocycles. The summed E-state index contributed by atoms with van der Waals surface area (Å²) in [5.41, 5.74) is 3.72. The predicted molar refractivity (Wildman–Crippen MR) is 101 cm³/mol. The Kier molecular flexibility index (Phi) is 2.78. The maximum atomic E-state index is 11.3. The predicted octanol–water partition coefficient (Wildman–Crippen LogP) is 3.46. The second-order valence-electron chi connectivity index (χ2n) is 8.23. The van der Waals surface area contributed by atoms with Crippen LogP contribution in [0.2, 0.25) is 0 Å². The van der Waals surface area contributed by atoms with E-state index in [1.165, 1.54) is 24.3 Å². The van der Waals surface area contributed by atoms with Crippen LogP contribution in [0.5, 0.6) is 0 Å². The molecule has 134 valence electrons. The average Bonchev–Trinajstić information content (AvgIpc) is 3.35. The number of rotatable bonds is 4. The van der Waals surface area contributed by atoms with Gasteiger partial charge in [-0.3, -0.25) is 25.7 Å². The van der Waals surface area contributed by atoms with E-state index >= 15 is 0 Å². The molecule has 9 unspecified atom stereocenters. The molecule has 0 heterocycles. The van der Waals surface area contributed by atoms with Crippen molar-refractivity contribution >= 4 is 45.4 Å². The molecule has 6 aliphatic carbocycles. The van der Waals surface area contributed by atoms with Crippen molar-refractivity contribution in [1.82, 2.24) is 0 Å². The standard InChI is InChI=1S/C17H15IN4O4/c18-16-12-6-4-7-10(12)15-14(16)11(6)13(7)17(15)20-19-8-2-1-5(21(23)24)3-9(8)22(25)26/h1-3,6-7,10-16,19H,4H2. The first-order valence-electron chi connectivity index (χ1n) is 8.89. The Labute approximate surface area is 161 Å². The third kappa shape index (κ3) is 1.55. The molecule has 7 rings (SSSR count). The average molecular weight is 466 g/mol.